The van der Waals surface area contributed by atoms with Crippen molar-refractivity contribution in [3.05, 3.63) is 30.5 Å². The second-order valence-corrected chi connectivity index (χ2v) is 7.89. The fourth-order valence-electron chi connectivity index (χ4n) is 3.28. The van der Waals surface area contributed by atoms with E-state index in [1.807, 2.05) is 31.2 Å². The molecule has 2 atom stereocenters. The molecule has 2 aromatic rings. The highest BCUT2D eigenvalue weighted by Crippen LogP contribution is 2.30. The number of aliphatic carboxylic acids is 1. The molecule has 0 bridgehead atoms. The van der Waals surface area contributed by atoms with E-state index < -0.39 is 29.8 Å². The highest BCUT2D eigenvalue weighted by molar-refractivity contribution is 5.88. The molecule has 1 aliphatic rings. The van der Waals surface area contributed by atoms with Gasteiger partial charge in [-0.15, -0.1) is 0 Å². The molecule has 1 aromatic carbocycles. The molecule has 8 nitrogen and oxygen atoms in total. The summed E-state index contributed by atoms with van der Waals surface area (Å²) < 4.78 is 16.9. The third-order valence-electron chi connectivity index (χ3n) is 4.46. The van der Waals surface area contributed by atoms with Crippen molar-refractivity contribution in [1.29, 1.82) is 0 Å². The van der Waals surface area contributed by atoms with E-state index in [0.29, 0.717) is 12.5 Å². The first-order valence-corrected chi connectivity index (χ1v) is 9.58. The van der Waals surface area contributed by atoms with Crippen molar-refractivity contribution < 1.29 is 28.9 Å². The van der Waals surface area contributed by atoms with E-state index in [1.54, 1.807) is 27.0 Å². The fourth-order valence-corrected chi connectivity index (χ4v) is 3.28. The monoisotopic (exact) mass is 402 g/mol. The van der Waals surface area contributed by atoms with Crippen LogP contribution in [-0.4, -0.2) is 58.0 Å². The Bertz CT molecular complexity index is 908. The molecule has 8 heteroatoms. The van der Waals surface area contributed by atoms with Crippen LogP contribution in [0.2, 0.25) is 0 Å². The number of carbonyl (C=O) groups excluding carboxylic acids is 1. The Balaban J connectivity index is 1.80. The lowest BCUT2D eigenvalue weighted by molar-refractivity contribution is -0.142. The quantitative estimate of drug-likeness (QED) is 0.817. The van der Waals surface area contributed by atoms with Gasteiger partial charge in [0.1, 0.15) is 23.5 Å². The Kier molecular flexibility index (Phi) is 5.81. The van der Waals surface area contributed by atoms with Gasteiger partial charge in [-0.05, 0) is 57.3 Å². The Morgan fingerprint density at radius 1 is 1.28 bits per heavy atom. The minimum Gasteiger partial charge on any atom is -0.494 e. The summed E-state index contributed by atoms with van der Waals surface area (Å²) in [6.45, 7) is 7.81. The van der Waals surface area contributed by atoms with Gasteiger partial charge in [0.25, 0.3) is 0 Å². The van der Waals surface area contributed by atoms with Crippen molar-refractivity contribution in [2.24, 2.45) is 0 Å². The second kappa shape index (κ2) is 8.14. The second-order valence-electron chi connectivity index (χ2n) is 7.89. The molecule has 1 unspecified atom stereocenters. The maximum atomic E-state index is 12.4. The number of carboxylic acid groups (broad SMARTS) is 1. The number of carboxylic acids is 1. The lowest BCUT2D eigenvalue weighted by Gasteiger charge is -2.26. The average molecular weight is 402 g/mol. The van der Waals surface area contributed by atoms with Gasteiger partial charge in [0, 0.05) is 18.0 Å². The molecule has 1 aliphatic heterocycles. The van der Waals surface area contributed by atoms with Gasteiger partial charge in [0.05, 0.1) is 13.2 Å². The number of nitrogens with zero attached hydrogens (tertiary/aromatic N) is 2. The van der Waals surface area contributed by atoms with Gasteiger partial charge in [0.15, 0.2) is 0 Å². The van der Waals surface area contributed by atoms with Crippen LogP contribution < -0.4 is 9.47 Å². The standard InChI is InChI=1S/C21H26N2O6/c1-5-27-14-6-7-16-13(10-14)8-9-22-18(16)28-15-11-17(19(24)25)23(12-15)20(26)29-21(2,3)4/h6-10,15,17H,5,11-12H2,1-4H3,(H,24,25)/t15?,17-/m0/s1. The van der Waals surface area contributed by atoms with Crippen LogP contribution in [0.5, 0.6) is 11.6 Å². The largest absolute Gasteiger partial charge is 0.494 e. The number of likely N-dealkylation sites (tertiary alicyclic amines) is 1. The Morgan fingerprint density at radius 3 is 2.69 bits per heavy atom. The number of rotatable bonds is 5. The highest BCUT2D eigenvalue weighted by atomic mass is 16.6. The zero-order chi connectivity index (χ0) is 21.2. The summed E-state index contributed by atoms with van der Waals surface area (Å²) in [5, 5.41) is 11.2. The van der Waals surface area contributed by atoms with E-state index >= 15 is 0 Å². The first-order chi connectivity index (χ1) is 13.7. The molecule has 0 radical (unpaired) electrons. The van der Waals surface area contributed by atoms with Crippen LogP contribution in [0.1, 0.15) is 34.1 Å². The zero-order valence-electron chi connectivity index (χ0n) is 17.0. The maximum absolute atomic E-state index is 12.4. The first kappa shape index (κ1) is 20.7. The smallest absolute Gasteiger partial charge is 0.411 e. The van der Waals surface area contributed by atoms with E-state index in [1.165, 1.54) is 4.90 Å². The van der Waals surface area contributed by atoms with Crippen LogP contribution in [0.25, 0.3) is 10.8 Å². The molecule has 0 aliphatic carbocycles. The van der Waals surface area contributed by atoms with Crippen LogP contribution >= 0.6 is 0 Å². The molecule has 1 aromatic heterocycles. The predicted octanol–water partition coefficient (Wildman–Crippen LogP) is 3.47. The molecule has 1 N–H and O–H groups in total. The summed E-state index contributed by atoms with van der Waals surface area (Å²) in [7, 11) is 0. The van der Waals surface area contributed by atoms with E-state index in [2.05, 4.69) is 4.98 Å². The molecule has 1 amide bonds. The number of fused-ring (bicyclic) bond motifs is 1. The van der Waals surface area contributed by atoms with Crippen LogP contribution in [0.3, 0.4) is 0 Å². The van der Waals surface area contributed by atoms with Crippen molar-refractivity contribution in [2.75, 3.05) is 13.2 Å². The molecular weight excluding hydrogens is 376 g/mol. The summed E-state index contributed by atoms with van der Waals surface area (Å²) in [6.07, 6.45) is 0.614. The van der Waals surface area contributed by atoms with Gasteiger partial charge < -0.3 is 19.3 Å². The van der Waals surface area contributed by atoms with Gasteiger partial charge in [-0.1, -0.05) is 0 Å². The van der Waals surface area contributed by atoms with Crippen molar-refractivity contribution in [3.8, 4) is 11.6 Å². The minimum atomic E-state index is -1.09. The Labute approximate surface area is 169 Å². The number of amides is 1. The highest BCUT2D eigenvalue weighted by Gasteiger charge is 2.43. The van der Waals surface area contributed by atoms with Crippen LogP contribution in [0.4, 0.5) is 4.79 Å². The summed E-state index contributed by atoms with van der Waals surface area (Å²) in [5.74, 6) is 0.0555. The minimum absolute atomic E-state index is 0.112. The maximum Gasteiger partial charge on any atom is 0.411 e. The predicted molar refractivity (Wildman–Crippen MR) is 106 cm³/mol. The van der Waals surface area contributed by atoms with E-state index in [0.717, 1.165) is 16.5 Å². The van der Waals surface area contributed by atoms with E-state index in [4.69, 9.17) is 14.2 Å². The van der Waals surface area contributed by atoms with Gasteiger partial charge in [0.2, 0.25) is 5.88 Å². The molecular formula is C21H26N2O6. The summed E-state index contributed by atoms with van der Waals surface area (Å²) in [4.78, 5) is 29.6. The number of carbonyl (C=O) groups is 2. The van der Waals surface area contributed by atoms with Crippen molar-refractivity contribution in [2.45, 2.75) is 51.9 Å². The van der Waals surface area contributed by atoms with E-state index in [9.17, 15) is 14.7 Å². The lowest BCUT2D eigenvalue weighted by Crippen LogP contribution is -2.43. The normalized spacial score (nSPS) is 19.2. The average Bonchev–Trinajstić information content (AvgIpc) is 3.05. The molecule has 1 saturated heterocycles. The van der Waals surface area contributed by atoms with Crippen molar-refractivity contribution in [3.63, 3.8) is 0 Å². The van der Waals surface area contributed by atoms with Crippen LogP contribution in [0, 0.1) is 0 Å². The van der Waals surface area contributed by atoms with Gasteiger partial charge in [-0.25, -0.2) is 14.6 Å². The van der Waals surface area contributed by atoms with Crippen molar-refractivity contribution in [1.82, 2.24) is 9.88 Å². The molecule has 0 saturated carbocycles. The first-order valence-electron chi connectivity index (χ1n) is 9.58. The third-order valence-corrected chi connectivity index (χ3v) is 4.46. The topological polar surface area (TPSA) is 98.2 Å². The van der Waals surface area contributed by atoms with Crippen LogP contribution in [-0.2, 0) is 9.53 Å². The number of pyridine rings is 1. The summed E-state index contributed by atoms with van der Waals surface area (Å²) in [6, 6.07) is 6.44. The SMILES string of the molecule is CCOc1ccc2c(OC3C[C@@H](C(=O)O)N(C(=O)OC(C)(C)C)C3)nccc2c1. The van der Waals surface area contributed by atoms with E-state index in [-0.39, 0.29) is 13.0 Å². The van der Waals surface area contributed by atoms with Crippen molar-refractivity contribution >= 4 is 22.8 Å². The number of aromatic nitrogens is 1. The number of benzene rings is 1. The number of hydrogen-bond acceptors (Lipinski definition) is 6. The summed E-state index contributed by atoms with van der Waals surface area (Å²) in [5.41, 5.74) is -0.714. The summed E-state index contributed by atoms with van der Waals surface area (Å²) >= 11 is 0. The Hall–Kier alpha value is -3.03. The van der Waals surface area contributed by atoms with Gasteiger partial charge >= 0.3 is 12.1 Å². The lowest BCUT2D eigenvalue weighted by atomic mass is 10.1. The van der Waals surface area contributed by atoms with Crippen LogP contribution in [0.15, 0.2) is 30.5 Å². The molecule has 1 fully saturated rings. The molecule has 29 heavy (non-hydrogen) atoms. The Morgan fingerprint density at radius 2 is 2.03 bits per heavy atom. The number of hydrogen-bond donors (Lipinski definition) is 1. The zero-order valence-corrected chi connectivity index (χ0v) is 17.0. The third kappa shape index (κ3) is 4.88. The van der Waals surface area contributed by atoms with Gasteiger partial charge in [-0.3, -0.25) is 4.90 Å². The fraction of sp³-hybridized carbons (Fsp3) is 0.476. The molecule has 2 heterocycles. The van der Waals surface area contributed by atoms with Gasteiger partial charge in [-0.2, -0.15) is 0 Å². The number of ether oxygens (including phenoxy) is 3. The molecule has 156 valence electrons. The molecule has 3 rings (SSSR count). The molecule has 0 spiro atoms.